The smallest absolute Gasteiger partial charge is 0.273 e. The Morgan fingerprint density at radius 1 is 1.07 bits per heavy atom. The maximum atomic E-state index is 13.3. The second-order valence-corrected chi connectivity index (χ2v) is 11.7. The van der Waals surface area contributed by atoms with Crippen LogP contribution in [0.5, 0.6) is 0 Å². The van der Waals surface area contributed by atoms with Gasteiger partial charge in [0.25, 0.3) is 20.0 Å². The number of thiophene rings is 1. The van der Waals surface area contributed by atoms with E-state index in [9.17, 15) is 21.2 Å². The molecule has 2 aromatic carbocycles. The highest BCUT2D eigenvalue weighted by molar-refractivity contribution is 7.94. The summed E-state index contributed by atoms with van der Waals surface area (Å²) in [4.78, 5) is -0.0373. The molecule has 1 aliphatic rings. The molecule has 0 unspecified atom stereocenters. The molecule has 10 heteroatoms. The van der Waals surface area contributed by atoms with Crippen molar-refractivity contribution < 1.29 is 21.2 Å². The minimum absolute atomic E-state index is 0.0373. The van der Waals surface area contributed by atoms with Crippen LogP contribution >= 0.6 is 11.3 Å². The number of halogens is 1. The minimum atomic E-state index is -3.97. The molecule has 30 heavy (non-hydrogen) atoms. The van der Waals surface area contributed by atoms with Crippen LogP contribution in [0.2, 0.25) is 0 Å². The molecule has 158 valence electrons. The zero-order valence-corrected chi connectivity index (χ0v) is 18.4. The molecule has 0 radical (unpaired) electrons. The first-order valence-corrected chi connectivity index (χ1v) is 13.0. The van der Waals surface area contributed by atoms with Crippen molar-refractivity contribution in [1.82, 2.24) is 0 Å². The molecule has 0 saturated heterocycles. The van der Waals surface area contributed by atoms with Crippen LogP contribution in [-0.2, 0) is 26.5 Å². The number of sulfonamides is 2. The van der Waals surface area contributed by atoms with Crippen molar-refractivity contribution in [1.29, 1.82) is 0 Å². The Morgan fingerprint density at radius 2 is 1.87 bits per heavy atom. The lowest BCUT2D eigenvalue weighted by Crippen LogP contribution is -2.35. The summed E-state index contributed by atoms with van der Waals surface area (Å²) in [5.74, 6) is -0.519. The Bertz CT molecular complexity index is 1300. The normalized spacial score (nSPS) is 14.4. The second-order valence-electron chi connectivity index (χ2n) is 6.97. The number of nitrogens with zero attached hydrogens (tertiary/aromatic N) is 1. The molecule has 0 atom stereocenters. The number of aryl methyl sites for hydroxylation is 2. The van der Waals surface area contributed by atoms with Gasteiger partial charge in [-0.1, -0.05) is 12.1 Å². The van der Waals surface area contributed by atoms with E-state index < -0.39 is 25.9 Å². The SMILES string of the molecule is Cc1cc(F)ccc1S(=O)(=O)Nc1ccc2c(c1)N(S(=O)(=O)c1cccs1)CCC2. The molecule has 6 nitrogen and oxygen atoms in total. The number of benzene rings is 2. The van der Waals surface area contributed by atoms with Crippen molar-refractivity contribution in [2.45, 2.75) is 28.9 Å². The molecule has 0 aliphatic carbocycles. The summed E-state index contributed by atoms with van der Waals surface area (Å²) < 4.78 is 69.1. The van der Waals surface area contributed by atoms with E-state index in [-0.39, 0.29) is 20.4 Å². The molecule has 0 fully saturated rings. The van der Waals surface area contributed by atoms with Crippen molar-refractivity contribution in [3.05, 3.63) is 70.9 Å². The number of nitrogens with one attached hydrogen (secondary N) is 1. The van der Waals surface area contributed by atoms with Crippen molar-refractivity contribution in [2.24, 2.45) is 0 Å². The lowest BCUT2D eigenvalue weighted by atomic mass is 10.0. The summed E-state index contributed by atoms with van der Waals surface area (Å²) >= 11 is 1.14. The third-order valence-corrected chi connectivity index (χ3v) is 9.61. The summed E-state index contributed by atoms with van der Waals surface area (Å²) in [6, 6.07) is 11.6. The number of anilines is 2. The zero-order chi connectivity index (χ0) is 21.5. The highest BCUT2D eigenvalue weighted by Gasteiger charge is 2.30. The molecule has 1 aromatic heterocycles. The summed E-state index contributed by atoms with van der Waals surface area (Å²) in [5.41, 5.74) is 1.82. The van der Waals surface area contributed by atoms with Gasteiger partial charge in [-0.25, -0.2) is 21.2 Å². The van der Waals surface area contributed by atoms with Crippen LogP contribution in [0.4, 0.5) is 15.8 Å². The van der Waals surface area contributed by atoms with E-state index in [0.717, 1.165) is 29.0 Å². The van der Waals surface area contributed by atoms with Crippen molar-refractivity contribution >= 4 is 42.8 Å². The van der Waals surface area contributed by atoms with E-state index in [1.807, 2.05) is 0 Å². The standard InChI is InChI=1S/C20H19FN2O4S3/c1-14-12-16(21)7-9-19(14)29(24,25)22-17-8-6-15-4-2-10-23(18(15)13-17)30(26,27)20-5-3-11-28-20/h3,5-9,11-13,22H,2,4,10H2,1H3. The molecule has 1 aliphatic heterocycles. The number of hydrogen-bond donors (Lipinski definition) is 1. The maximum absolute atomic E-state index is 13.3. The fourth-order valence-electron chi connectivity index (χ4n) is 3.50. The minimum Gasteiger partial charge on any atom is -0.280 e. The van der Waals surface area contributed by atoms with E-state index in [0.29, 0.717) is 25.1 Å². The van der Waals surface area contributed by atoms with Crippen LogP contribution in [-0.4, -0.2) is 23.4 Å². The summed E-state index contributed by atoms with van der Waals surface area (Å²) in [7, 11) is -7.69. The van der Waals surface area contributed by atoms with E-state index in [1.54, 1.807) is 29.6 Å². The first-order valence-electron chi connectivity index (χ1n) is 9.17. The van der Waals surface area contributed by atoms with Gasteiger partial charge in [-0.05, 0) is 72.7 Å². The largest absolute Gasteiger partial charge is 0.280 e. The van der Waals surface area contributed by atoms with Gasteiger partial charge in [0.15, 0.2) is 0 Å². The number of hydrogen-bond acceptors (Lipinski definition) is 5. The molecule has 1 N–H and O–H groups in total. The van der Waals surface area contributed by atoms with Gasteiger partial charge in [0.1, 0.15) is 10.0 Å². The van der Waals surface area contributed by atoms with E-state index >= 15 is 0 Å². The third kappa shape index (κ3) is 3.82. The average Bonchev–Trinajstić information content (AvgIpc) is 3.22. The van der Waals surface area contributed by atoms with Gasteiger partial charge in [-0.15, -0.1) is 11.3 Å². The lowest BCUT2D eigenvalue weighted by molar-refractivity contribution is 0.588. The Balaban J connectivity index is 1.71. The highest BCUT2D eigenvalue weighted by atomic mass is 32.2. The van der Waals surface area contributed by atoms with E-state index in [1.165, 1.54) is 23.4 Å². The fraction of sp³-hybridized carbons (Fsp3) is 0.200. The summed E-state index contributed by atoms with van der Waals surface area (Å²) in [6.45, 7) is 1.83. The molecule has 2 heterocycles. The van der Waals surface area contributed by atoms with Crippen LogP contribution in [0.15, 0.2) is 63.0 Å². The van der Waals surface area contributed by atoms with Gasteiger partial charge in [0, 0.05) is 6.54 Å². The number of rotatable bonds is 5. The molecule has 0 spiro atoms. The second kappa shape index (κ2) is 7.68. The topological polar surface area (TPSA) is 83.6 Å². The van der Waals surface area contributed by atoms with Gasteiger partial charge >= 0.3 is 0 Å². The predicted molar refractivity (Wildman–Crippen MR) is 116 cm³/mol. The predicted octanol–water partition coefficient (Wildman–Crippen LogP) is 4.14. The summed E-state index contributed by atoms with van der Waals surface area (Å²) in [5, 5.41) is 1.70. The first kappa shape index (κ1) is 20.8. The Morgan fingerprint density at radius 3 is 2.57 bits per heavy atom. The van der Waals surface area contributed by atoms with Crippen LogP contribution in [0.1, 0.15) is 17.5 Å². The first-order chi connectivity index (χ1) is 14.2. The molecule has 0 amide bonds. The maximum Gasteiger partial charge on any atom is 0.273 e. The van der Waals surface area contributed by atoms with E-state index in [4.69, 9.17) is 0 Å². The molecule has 4 rings (SSSR count). The average molecular weight is 467 g/mol. The molecule has 3 aromatic rings. The molecule has 0 saturated carbocycles. The third-order valence-electron chi connectivity index (χ3n) is 4.88. The van der Waals surface area contributed by atoms with E-state index in [2.05, 4.69) is 4.72 Å². The fourth-order valence-corrected chi connectivity index (χ4v) is 7.41. The zero-order valence-electron chi connectivity index (χ0n) is 16.0. The molecular weight excluding hydrogens is 447 g/mol. The van der Waals surface area contributed by atoms with Crippen LogP contribution in [0.3, 0.4) is 0 Å². The summed E-state index contributed by atoms with van der Waals surface area (Å²) in [6.07, 6.45) is 1.38. The van der Waals surface area contributed by atoms with Gasteiger partial charge in [-0.3, -0.25) is 9.03 Å². The van der Waals surface area contributed by atoms with Crippen LogP contribution < -0.4 is 9.03 Å². The Labute approximate surface area is 179 Å². The molecule has 0 bridgehead atoms. The highest BCUT2D eigenvalue weighted by Crippen LogP contribution is 2.35. The Hall–Kier alpha value is -2.43. The van der Waals surface area contributed by atoms with Gasteiger partial charge in [0.2, 0.25) is 0 Å². The van der Waals surface area contributed by atoms with Crippen LogP contribution in [0.25, 0.3) is 0 Å². The number of fused-ring (bicyclic) bond motifs is 1. The van der Waals surface area contributed by atoms with Gasteiger partial charge in [-0.2, -0.15) is 0 Å². The van der Waals surface area contributed by atoms with Crippen molar-refractivity contribution in [3.63, 3.8) is 0 Å². The van der Waals surface area contributed by atoms with Crippen molar-refractivity contribution in [3.8, 4) is 0 Å². The quantitative estimate of drug-likeness (QED) is 0.613. The van der Waals surface area contributed by atoms with Crippen LogP contribution in [0, 0.1) is 12.7 Å². The monoisotopic (exact) mass is 466 g/mol. The Kier molecular flexibility index (Phi) is 5.33. The van der Waals surface area contributed by atoms with Gasteiger partial charge in [0.05, 0.1) is 16.3 Å². The van der Waals surface area contributed by atoms with Gasteiger partial charge < -0.3 is 0 Å². The molecular formula is C20H19FN2O4S3. The lowest BCUT2D eigenvalue weighted by Gasteiger charge is -2.30. The van der Waals surface area contributed by atoms with Crippen molar-refractivity contribution in [2.75, 3.05) is 15.6 Å².